The standard InChI is InChI=1S/C5H6F3NO4/c6-5(7,8)2-9-3(10)1-13-4(11)12/h1-2H2,(H,9,10)(H,11,12). The minimum Gasteiger partial charge on any atom is -0.450 e. The van der Waals surface area contributed by atoms with Crippen LogP contribution in [0.3, 0.4) is 0 Å². The summed E-state index contributed by atoms with van der Waals surface area (Å²) >= 11 is 0. The molecule has 0 radical (unpaired) electrons. The molecule has 0 saturated heterocycles. The van der Waals surface area contributed by atoms with Crippen molar-refractivity contribution < 1.29 is 32.6 Å². The van der Waals surface area contributed by atoms with Crippen LogP contribution in [0.2, 0.25) is 0 Å². The number of carbonyl (C=O) groups excluding carboxylic acids is 1. The van der Waals surface area contributed by atoms with Crippen LogP contribution in [-0.2, 0) is 9.53 Å². The summed E-state index contributed by atoms with van der Waals surface area (Å²) in [6, 6.07) is 0. The number of ether oxygens (including phenoxy) is 1. The molecule has 0 aromatic heterocycles. The van der Waals surface area contributed by atoms with Crippen LogP contribution in [0.15, 0.2) is 0 Å². The topological polar surface area (TPSA) is 75.6 Å². The number of amides is 1. The molecule has 2 N–H and O–H groups in total. The summed E-state index contributed by atoms with van der Waals surface area (Å²) in [6.45, 7) is -2.44. The van der Waals surface area contributed by atoms with Gasteiger partial charge in [0.2, 0.25) is 0 Å². The Hall–Kier alpha value is -1.47. The molecule has 0 aromatic rings. The zero-order chi connectivity index (χ0) is 10.5. The first-order valence-corrected chi connectivity index (χ1v) is 3.00. The van der Waals surface area contributed by atoms with Crippen LogP contribution in [0.4, 0.5) is 18.0 Å². The molecule has 0 rings (SSSR count). The summed E-state index contributed by atoms with van der Waals surface area (Å²) in [4.78, 5) is 20.1. The second-order valence-electron chi connectivity index (χ2n) is 1.95. The highest BCUT2D eigenvalue weighted by molar-refractivity contribution is 5.78. The van der Waals surface area contributed by atoms with E-state index in [1.165, 1.54) is 5.32 Å². The largest absolute Gasteiger partial charge is 0.506 e. The summed E-state index contributed by atoms with van der Waals surface area (Å²) in [5.74, 6) is -1.14. The minimum atomic E-state index is -4.51. The molecule has 0 unspecified atom stereocenters. The van der Waals surface area contributed by atoms with Crippen molar-refractivity contribution in [2.75, 3.05) is 13.2 Å². The average Bonchev–Trinajstić information content (AvgIpc) is 1.95. The number of nitrogens with one attached hydrogen (secondary N) is 1. The number of hydrogen-bond acceptors (Lipinski definition) is 3. The first kappa shape index (κ1) is 11.5. The molecule has 5 nitrogen and oxygen atoms in total. The maximum Gasteiger partial charge on any atom is 0.506 e. The molecule has 13 heavy (non-hydrogen) atoms. The maximum absolute atomic E-state index is 11.4. The van der Waals surface area contributed by atoms with Crippen molar-refractivity contribution in [1.82, 2.24) is 5.32 Å². The van der Waals surface area contributed by atoms with E-state index in [0.29, 0.717) is 0 Å². The van der Waals surface area contributed by atoms with Crippen molar-refractivity contribution in [2.24, 2.45) is 0 Å². The number of halogens is 3. The third kappa shape index (κ3) is 8.44. The predicted octanol–water partition coefficient (Wildman–Crippen LogP) is 0.359. The number of alkyl halides is 3. The van der Waals surface area contributed by atoms with Gasteiger partial charge in [0, 0.05) is 0 Å². The Bertz CT molecular complexity index is 202. The smallest absolute Gasteiger partial charge is 0.450 e. The fourth-order valence-corrected chi connectivity index (χ4v) is 0.377. The van der Waals surface area contributed by atoms with E-state index in [4.69, 9.17) is 5.11 Å². The Kier molecular flexibility index (Phi) is 4.02. The van der Waals surface area contributed by atoms with Gasteiger partial charge in [-0.05, 0) is 0 Å². The lowest BCUT2D eigenvalue weighted by atomic mass is 10.5. The van der Waals surface area contributed by atoms with E-state index in [9.17, 15) is 22.8 Å². The average molecular weight is 201 g/mol. The van der Waals surface area contributed by atoms with Gasteiger partial charge >= 0.3 is 12.3 Å². The molecule has 0 saturated carbocycles. The van der Waals surface area contributed by atoms with Gasteiger partial charge in [0.05, 0.1) is 0 Å². The van der Waals surface area contributed by atoms with Crippen molar-refractivity contribution in [2.45, 2.75) is 6.18 Å². The lowest BCUT2D eigenvalue weighted by molar-refractivity contribution is -0.140. The van der Waals surface area contributed by atoms with Gasteiger partial charge in [-0.25, -0.2) is 4.79 Å². The van der Waals surface area contributed by atoms with E-state index in [-0.39, 0.29) is 0 Å². The number of rotatable bonds is 3. The van der Waals surface area contributed by atoms with Crippen LogP contribution in [0.5, 0.6) is 0 Å². The Labute approximate surface area is 70.5 Å². The number of hydrogen-bond donors (Lipinski definition) is 2. The van der Waals surface area contributed by atoms with Crippen LogP contribution >= 0.6 is 0 Å². The Morgan fingerprint density at radius 1 is 1.38 bits per heavy atom. The van der Waals surface area contributed by atoms with Crippen LogP contribution in [-0.4, -0.2) is 36.5 Å². The fraction of sp³-hybridized carbons (Fsp3) is 0.600. The summed E-state index contributed by atoms with van der Waals surface area (Å²) in [5, 5.41) is 9.29. The molecule has 0 aliphatic heterocycles. The van der Waals surface area contributed by atoms with Crippen molar-refractivity contribution in [1.29, 1.82) is 0 Å². The summed E-state index contributed by atoms with van der Waals surface area (Å²) in [5.41, 5.74) is 0. The van der Waals surface area contributed by atoms with Crippen LogP contribution < -0.4 is 5.32 Å². The maximum atomic E-state index is 11.4. The Morgan fingerprint density at radius 3 is 2.31 bits per heavy atom. The lowest BCUT2D eigenvalue weighted by Crippen LogP contribution is -2.36. The van der Waals surface area contributed by atoms with Crippen LogP contribution in [0, 0.1) is 0 Å². The van der Waals surface area contributed by atoms with Gasteiger partial charge in [-0.1, -0.05) is 0 Å². The first-order valence-electron chi connectivity index (χ1n) is 3.00. The third-order valence-corrected chi connectivity index (χ3v) is 0.813. The third-order valence-electron chi connectivity index (χ3n) is 0.813. The summed E-state index contributed by atoms with van der Waals surface area (Å²) < 4.78 is 38.0. The molecule has 0 aliphatic rings. The van der Waals surface area contributed by atoms with Crippen molar-refractivity contribution >= 4 is 12.1 Å². The molecular formula is C5H6F3NO4. The van der Waals surface area contributed by atoms with E-state index in [1.807, 2.05) is 0 Å². The van der Waals surface area contributed by atoms with E-state index >= 15 is 0 Å². The molecule has 8 heteroatoms. The van der Waals surface area contributed by atoms with Gasteiger partial charge in [-0.3, -0.25) is 4.79 Å². The molecule has 0 aliphatic carbocycles. The van der Waals surface area contributed by atoms with Gasteiger partial charge in [0.1, 0.15) is 6.54 Å². The summed E-state index contributed by atoms with van der Waals surface area (Å²) in [6.07, 6.45) is -6.24. The zero-order valence-electron chi connectivity index (χ0n) is 6.22. The van der Waals surface area contributed by atoms with E-state index in [2.05, 4.69) is 4.74 Å². The first-order chi connectivity index (χ1) is 5.81. The summed E-state index contributed by atoms with van der Waals surface area (Å²) in [7, 11) is 0. The normalized spacial score (nSPS) is 10.7. The van der Waals surface area contributed by atoms with Crippen molar-refractivity contribution in [3.8, 4) is 0 Å². The zero-order valence-corrected chi connectivity index (χ0v) is 6.22. The van der Waals surface area contributed by atoms with Gasteiger partial charge in [-0.15, -0.1) is 0 Å². The van der Waals surface area contributed by atoms with Gasteiger partial charge in [0.25, 0.3) is 5.91 Å². The molecule has 0 heterocycles. The second-order valence-corrected chi connectivity index (χ2v) is 1.95. The molecule has 76 valence electrons. The van der Waals surface area contributed by atoms with Crippen LogP contribution in [0.1, 0.15) is 0 Å². The molecular weight excluding hydrogens is 195 g/mol. The minimum absolute atomic E-state index is 0.939. The van der Waals surface area contributed by atoms with E-state index in [0.717, 1.165) is 0 Å². The molecule has 0 atom stereocenters. The molecule has 0 spiro atoms. The fourth-order valence-electron chi connectivity index (χ4n) is 0.377. The quantitative estimate of drug-likeness (QED) is 0.646. The molecule has 0 bridgehead atoms. The predicted molar refractivity (Wildman–Crippen MR) is 33.0 cm³/mol. The van der Waals surface area contributed by atoms with Crippen molar-refractivity contribution in [3.05, 3.63) is 0 Å². The van der Waals surface area contributed by atoms with Gasteiger partial charge in [0.15, 0.2) is 6.61 Å². The molecule has 0 aromatic carbocycles. The monoisotopic (exact) mass is 201 g/mol. The van der Waals surface area contributed by atoms with Crippen molar-refractivity contribution in [3.63, 3.8) is 0 Å². The van der Waals surface area contributed by atoms with Crippen LogP contribution in [0.25, 0.3) is 0 Å². The number of carbonyl (C=O) groups is 2. The lowest BCUT2D eigenvalue weighted by Gasteiger charge is -2.07. The van der Waals surface area contributed by atoms with Gasteiger partial charge < -0.3 is 15.2 Å². The van der Waals surface area contributed by atoms with Gasteiger partial charge in [-0.2, -0.15) is 13.2 Å². The molecule has 1 amide bonds. The Balaban J connectivity index is 3.58. The number of carboxylic acid groups (broad SMARTS) is 1. The highest BCUT2D eigenvalue weighted by Crippen LogP contribution is 2.11. The molecule has 0 fully saturated rings. The highest BCUT2D eigenvalue weighted by atomic mass is 19.4. The van der Waals surface area contributed by atoms with E-state index in [1.54, 1.807) is 0 Å². The Morgan fingerprint density at radius 2 is 1.92 bits per heavy atom. The SMILES string of the molecule is O=C(COC(=O)O)NCC(F)(F)F. The second kappa shape index (κ2) is 4.53. The van der Waals surface area contributed by atoms with E-state index < -0.39 is 31.4 Å². The highest BCUT2D eigenvalue weighted by Gasteiger charge is 2.27.